The second-order valence-electron chi connectivity index (χ2n) is 11.0. The smallest absolute Gasteiger partial charge is 0.261 e. The topological polar surface area (TPSA) is 95.4 Å². The Morgan fingerprint density at radius 1 is 0.886 bits per heavy atom. The number of hydrogen-bond donors (Lipinski definition) is 2. The predicted molar refractivity (Wildman–Crippen MR) is 173 cm³/mol. The van der Waals surface area contributed by atoms with Crippen molar-refractivity contribution < 1.29 is 12.8 Å². The highest BCUT2D eigenvalue weighted by atomic mass is 35.5. The van der Waals surface area contributed by atoms with Gasteiger partial charge in [0.2, 0.25) is 0 Å². The summed E-state index contributed by atoms with van der Waals surface area (Å²) in [4.78, 5) is 13.6. The Balaban J connectivity index is 1.09. The van der Waals surface area contributed by atoms with E-state index in [2.05, 4.69) is 71.9 Å². The molecular weight excluding hydrogens is 601 g/mol. The number of benzene rings is 3. The Morgan fingerprint density at radius 2 is 1.66 bits per heavy atom. The fraction of sp³-hybridized carbons (Fsp3) is 0.250. The summed E-state index contributed by atoms with van der Waals surface area (Å²) < 4.78 is 43.6. The highest BCUT2D eigenvalue weighted by molar-refractivity contribution is 7.92. The molecule has 6 rings (SSSR count). The van der Waals surface area contributed by atoms with Crippen LogP contribution in [0.3, 0.4) is 0 Å². The minimum Gasteiger partial charge on any atom is -0.347 e. The molecule has 3 heterocycles. The van der Waals surface area contributed by atoms with Gasteiger partial charge in [0.05, 0.1) is 15.6 Å². The standard InChI is InChI=1S/C32H33ClFN7O2S/c1-39-15-17-40(18-16-39)12-2-13-41-14-11-24-19-23(3-10-31(24)41)30-21-32(36-22-35-30)37-25-4-6-26(7-5-25)38-44(42,43)27-8-9-29(34)28(33)20-27/h3-11,14,19-22,38H,2,12-13,15-18H2,1H3,(H,35,36,37). The van der Waals surface area contributed by atoms with Crippen LogP contribution in [0.15, 0.2) is 90.2 Å². The van der Waals surface area contributed by atoms with Gasteiger partial charge in [-0.1, -0.05) is 17.7 Å². The van der Waals surface area contributed by atoms with Gasteiger partial charge >= 0.3 is 0 Å². The van der Waals surface area contributed by atoms with E-state index in [1.807, 2.05) is 6.07 Å². The zero-order valence-corrected chi connectivity index (χ0v) is 25.8. The van der Waals surface area contributed by atoms with Crippen LogP contribution in [-0.2, 0) is 16.6 Å². The van der Waals surface area contributed by atoms with Gasteiger partial charge in [0.1, 0.15) is 18.0 Å². The summed E-state index contributed by atoms with van der Waals surface area (Å²) >= 11 is 5.75. The van der Waals surface area contributed by atoms with Gasteiger partial charge in [0.25, 0.3) is 10.0 Å². The molecule has 0 atom stereocenters. The lowest BCUT2D eigenvalue weighted by molar-refractivity contribution is 0.151. The minimum atomic E-state index is -3.93. The Kier molecular flexibility index (Phi) is 8.81. The number of nitrogens with one attached hydrogen (secondary N) is 2. The van der Waals surface area contributed by atoms with Gasteiger partial charge in [-0.05, 0) is 80.7 Å². The van der Waals surface area contributed by atoms with Crippen molar-refractivity contribution in [1.29, 1.82) is 0 Å². The maximum atomic E-state index is 13.5. The van der Waals surface area contributed by atoms with Gasteiger partial charge in [-0.2, -0.15) is 0 Å². The third-order valence-corrected chi connectivity index (χ3v) is 9.48. The number of likely N-dealkylation sites (N-methyl/N-ethyl adjacent to an activating group) is 1. The van der Waals surface area contributed by atoms with Crippen LogP contribution in [0.2, 0.25) is 5.02 Å². The average Bonchev–Trinajstić information content (AvgIpc) is 3.42. The molecule has 12 heteroatoms. The molecule has 5 aromatic rings. The SMILES string of the molecule is CN1CCN(CCCn2ccc3cc(-c4cc(Nc5ccc(NS(=O)(=O)c6ccc(F)c(Cl)c6)cc5)ncn4)ccc32)CC1. The van der Waals surface area contributed by atoms with E-state index in [0.717, 1.165) is 80.5 Å². The molecule has 0 bridgehead atoms. The van der Waals surface area contributed by atoms with E-state index < -0.39 is 15.8 Å². The van der Waals surface area contributed by atoms with E-state index in [0.29, 0.717) is 17.2 Å². The number of anilines is 3. The van der Waals surface area contributed by atoms with Gasteiger partial charge in [-0.3, -0.25) is 4.72 Å². The second-order valence-corrected chi connectivity index (χ2v) is 13.0. The maximum absolute atomic E-state index is 13.5. The number of sulfonamides is 1. The van der Waals surface area contributed by atoms with Crippen molar-refractivity contribution in [2.24, 2.45) is 0 Å². The molecule has 228 valence electrons. The van der Waals surface area contributed by atoms with Gasteiger partial charge in [0.15, 0.2) is 0 Å². The third kappa shape index (κ3) is 7.02. The number of nitrogens with zero attached hydrogens (tertiary/aromatic N) is 5. The van der Waals surface area contributed by atoms with Crippen LogP contribution in [0.4, 0.5) is 21.6 Å². The predicted octanol–water partition coefficient (Wildman–Crippen LogP) is 6.07. The van der Waals surface area contributed by atoms with E-state index in [4.69, 9.17) is 11.6 Å². The summed E-state index contributed by atoms with van der Waals surface area (Å²) in [5, 5.41) is 4.15. The molecule has 0 spiro atoms. The molecule has 1 fully saturated rings. The van der Waals surface area contributed by atoms with Crippen molar-refractivity contribution >= 4 is 49.7 Å². The fourth-order valence-corrected chi connectivity index (χ4v) is 6.63. The molecule has 44 heavy (non-hydrogen) atoms. The Labute approximate surface area is 261 Å². The number of fused-ring (bicyclic) bond motifs is 1. The maximum Gasteiger partial charge on any atom is 0.261 e. The molecule has 9 nitrogen and oxygen atoms in total. The number of aromatic nitrogens is 3. The molecule has 1 saturated heterocycles. The molecule has 1 aliphatic heterocycles. The van der Waals surface area contributed by atoms with Crippen LogP contribution in [-0.4, -0.2) is 72.5 Å². The number of aryl methyl sites for hydroxylation is 1. The van der Waals surface area contributed by atoms with E-state index in [1.54, 1.807) is 24.3 Å². The zero-order chi connectivity index (χ0) is 30.7. The normalized spacial score (nSPS) is 14.6. The monoisotopic (exact) mass is 633 g/mol. The molecule has 0 saturated carbocycles. The third-order valence-electron chi connectivity index (χ3n) is 7.81. The van der Waals surface area contributed by atoms with Crippen molar-refractivity contribution in [2.45, 2.75) is 17.9 Å². The second kappa shape index (κ2) is 12.9. The lowest BCUT2D eigenvalue weighted by Crippen LogP contribution is -2.44. The lowest BCUT2D eigenvalue weighted by atomic mass is 10.1. The van der Waals surface area contributed by atoms with E-state index in [9.17, 15) is 12.8 Å². The minimum absolute atomic E-state index is 0.129. The average molecular weight is 634 g/mol. The zero-order valence-electron chi connectivity index (χ0n) is 24.2. The van der Waals surface area contributed by atoms with Crippen LogP contribution in [0.25, 0.3) is 22.2 Å². The van der Waals surface area contributed by atoms with Crippen LogP contribution in [0.5, 0.6) is 0 Å². The molecule has 2 aromatic heterocycles. The van der Waals surface area contributed by atoms with Crippen LogP contribution < -0.4 is 10.0 Å². The van der Waals surface area contributed by atoms with Crippen LogP contribution >= 0.6 is 11.6 Å². The van der Waals surface area contributed by atoms with Crippen molar-refractivity contribution in [3.05, 3.63) is 96.2 Å². The molecule has 0 amide bonds. The Hall–Kier alpha value is -4.03. The molecule has 0 radical (unpaired) electrons. The number of piperazine rings is 1. The van der Waals surface area contributed by atoms with Crippen LogP contribution in [0, 0.1) is 5.82 Å². The molecule has 0 aliphatic carbocycles. The molecule has 1 aliphatic rings. The first-order valence-electron chi connectivity index (χ1n) is 14.4. The summed E-state index contributed by atoms with van der Waals surface area (Å²) in [6.07, 6.45) is 4.79. The summed E-state index contributed by atoms with van der Waals surface area (Å²) in [7, 11) is -1.75. The van der Waals surface area contributed by atoms with Gasteiger partial charge in [-0.25, -0.2) is 22.8 Å². The fourth-order valence-electron chi connectivity index (χ4n) is 5.30. The molecule has 3 aromatic carbocycles. The summed E-state index contributed by atoms with van der Waals surface area (Å²) in [5.74, 6) is -0.0815. The highest BCUT2D eigenvalue weighted by Gasteiger charge is 2.17. The van der Waals surface area contributed by atoms with Crippen LogP contribution in [0.1, 0.15) is 6.42 Å². The number of hydrogen-bond acceptors (Lipinski definition) is 7. The van der Waals surface area contributed by atoms with Gasteiger partial charge < -0.3 is 19.7 Å². The quantitative estimate of drug-likeness (QED) is 0.193. The van der Waals surface area contributed by atoms with Crippen molar-refractivity contribution in [3.63, 3.8) is 0 Å². The summed E-state index contributed by atoms with van der Waals surface area (Å²) in [6.45, 7) is 6.67. The van der Waals surface area contributed by atoms with Crippen molar-refractivity contribution in [3.8, 4) is 11.3 Å². The van der Waals surface area contributed by atoms with E-state index >= 15 is 0 Å². The molecule has 0 unspecified atom stereocenters. The Bertz CT molecular complexity index is 1870. The number of halogens is 2. The molecule has 2 N–H and O–H groups in total. The first-order chi connectivity index (χ1) is 21.2. The van der Waals surface area contributed by atoms with Crippen molar-refractivity contribution in [2.75, 3.05) is 49.8 Å². The van der Waals surface area contributed by atoms with Gasteiger partial charge in [-0.15, -0.1) is 0 Å². The van der Waals surface area contributed by atoms with E-state index in [-0.39, 0.29) is 9.92 Å². The van der Waals surface area contributed by atoms with E-state index in [1.165, 1.54) is 11.8 Å². The Morgan fingerprint density at radius 3 is 2.43 bits per heavy atom. The molecular formula is C32H33ClFN7O2S. The summed E-state index contributed by atoms with van der Waals surface area (Å²) in [6, 6.07) is 20.4. The number of rotatable bonds is 10. The van der Waals surface area contributed by atoms with Crippen molar-refractivity contribution in [1.82, 2.24) is 24.3 Å². The highest BCUT2D eigenvalue weighted by Crippen LogP contribution is 2.27. The first kappa shape index (κ1) is 30.0. The summed E-state index contributed by atoms with van der Waals surface area (Å²) in [5.41, 5.74) is 4.04. The first-order valence-corrected chi connectivity index (χ1v) is 16.3. The largest absolute Gasteiger partial charge is 0.347 e. The lowest BCUT2D eigenvalue weighted by Gasteiger charge is -2.32. The van der Waals surface area contributed by atoms with Gasteiger partial charge in [0, 0.05) is 72.8 Å².